The second-order valence-electron chi connectivity index (χ2n) is 17.7. The lowest BCUT2D eigenvalue weighted by Gasteiger charge is -2.03. The van der Waals surface area contributed by atoms with Gasteiger partial charge in [0, 0.05) is 53.9 Å². The van der Waals surface area contributed by atoms with E-state index in [1.54, 1.807) is 84.6 Å². The number of thioether (sulfide) groups is 1. The van der Waals surface area contributed by atoms with E-state index in [-0.39, 0.29) is 17.3 Å². The van der Waals surface area contributed by atoms with Gasteiger partial charge in [-0.3, -0.25) is 14.4 Å². The van der Waals surface area contributed by atoms with E-state index < -0.39 is 6.61 Å². The molecule has 5 nitrogen and oxygen atoms in total. The van der Waals surface area contributed by atoms with Crippen molar-refractivity contribution in [1.29, 1.82) is 0 Å². The normalized spacial score (nSPS) is 9.85. The molecule has 0 saturated heterocycles. The number of benzene rings is 11. The maximum absolute atomic E-state index is 12.0. The molecule has 0 aliphatic heterocycles. The number of hydrogen-bond acceptors (Lipinski definition) is 7. The SMILES string of the molecule is Nc1ccccc1C(=O)c1ccccc1.O=C(CO)c1ccccc1.O=C(c1ccccc1)c1ccccc1Cl.c1ccc(CCc2ccccc2)cc1.c1ccc(CSc2ccccc2)cc1.c1ccc(Sc2ccccc2)cc1. The molecule has 0 saturated carbocycles. The van der Waals surface area contributed by atoms with Crippen LogP contribution in [-0.2, 0) is 18.6 Å². The van der Waals surface area contributed by atoms with Crippen molar-refractivity contribution in [1.82, 2.24) is 0 Å². The molecule has 11 aromatic carbocycles. The van der Waals surface area contributed by atoms with Crippen LogP contribution in [0.4, 0.5) is 5.69 Å². The van der Waals surface area contributed by atoms with Crippen LogP contribution in [0.1, 0.15) is 58.9 Å². The number of aliphatic hydroxyl groups is 1. The average molecular weight is 1120 g/mol. The standard InChI is InChI=1S/C14H14.C13H9ClO.C13H11NO.C13H12S.C12H10S.C8H8O2/c1-3-7-13(8-4-1)11-12-14-9-5-2-6-10-14;2*14-12-9-5-4-8-11(12)13(15)10-6-2-1-3-7-10;1-3-7-12(8-4-1)11-14-13-9-5-2-6-10-13;1-3-7-11(8-4-1)13-12-9-5-2-6-10-12;9-6-8(10)7-4-2-1-3-5-7/h1-10H,11-12H2;1-9H;1-9H,14H2;1-10H,11H2;1-10H;1-5,9H,6H2. The van der Waals surface area contributed by atoms with E-state index in [1.165, 1.54) is 31.4 Å². The van der Waals surface area contributed by atoms with Crippen LogP contribution in [0, 0.1) is 0 Å². The molecule has 0 radical (unpaired) electrons. The average Bonchev–Trinajstić information content (AvgIpc) is 3.55. The van der Waals surface area contributed by atoms with Crippen LogP contribution >= 0.6 is 35.1 Å². The number of anilines is 1. The fourth-order valence-corrected chi connectivity index (χ4v) is 9.46. The van der Waals surface area contributed by atoms with Gasteiger partial charge in [-0.05, 0) is 90.2 Å². The number of rotatable bonds is 14. The maximum Gasteiger partial charge on any atom is 0.195 e. The van der Waals surface area contributed by atoms with Crippen molar-refractivity contribution >= 4 is 58.2 Å². The summed E-state index contributed by atoms with van der Waals surface area (Å²) in [5, 5.41) is 8.93. The van der Waals surface area contributed by atoms with Crippen LogP contribution in [0.5, 0.6) is 0 Å². The number of hydrogen-bond donors (Lipinski definition) is 2. The van der Waals surface area contributed by atoms with Crippen molar-refractivity contribution in [2.45, 2.75) is 33.3 Å². The van der Waals surface area contributed by atoms with Gasteiger partial charge >= 0.3 is 0 Å². The lowest BCUT2D eigenvalue weighted by atomic mass is 10.0. The van der Waals surface area contributed by atoms with Gasteiger partial charge in [0.25, 0.3) is 0 Å². The first kappa shape index (κ1) is 61.4. The zero-order chi connectivity index (χ0) is 57.0. The highest BCUT2D eigenvalue weighted by Crippen LogP contribution is 2.27. The van der Waals surface area contributed by atoms with Gasteiger partial charge in [-0.15, -0.1) is 11.8 Å². The number of para-hydroxylation sites is 1. The summed E-state index contributed by atoms with van der Waals surface area (Å²) in [5.41, 5.74) is 13.4. The van der Waals surface area contributed by atoms with Crippen molar-refractivity contribution in [2.75, 3.05) is 12.3 Å². The molecule has 0 heterocycles. The molecule has 0 spiro atoms. The van der Waals surface area contributed by atoms with Crippen molar-refractivity contribution in [3.8, 4) is 0 Å². The van der Waals surface area contributed by atoms with Crippen LogP contribution in [0.2, 0.25) is 5.02 Å². The largest absolute Gasteiger partial charge is 0.398 e. The van der Waals surface area contributed by atoms with Crippen LogP contribution in [0.25, 0.3) is 0 Å². The first-order chi connectivity index (χ1) is 39.8. The first-order valence-electron chi connectivity index (χ1n) is 26.3. The third kappa shape index (κ3) is 23.2. The molecule has 0 aliphatic carbocycles. The second kappa shape index (κ2) is 36.4. The number of nitrogen functional groups attached to an aromatic ring is 1. The Hall–Kier alpha value is -8.82. The quantitative estimate of drug-likeness (QED) is 0.0636. The summed E-state index contributed by atoms with van der Waals surface area (Å²) in [6, 6.07) is 104. The highest BCUT2D eigenvalue weighted by Gasteiger charge is 2.12. The third-order valence-corrected chi connectivity index (χ3v) is 14.2. The molecule has 0 fully saturated rings. The Kier molecular flexibility index (Phi) is 27.6. The minimum atomic E-state index is -0.413. The van der Waals surface area contributed by atoms with Gasteiger partial charge in [0.15, 0.2) is 17.3 Å². The third-order valence-electron chi connectivity index (χ3n) is 11.7. The van der Waals surface area contributed by atoms with Crippen molar-refractivity contribution in [2.24, 2.45) is 0 Å². The summed E-state index contributed by atoms with van der Waals surface area (Å²) in [6.45, 7) is -0.413. The topological polar surface area (TPSA) is 97.5 Å². The van der Waals surface area contributed by atoms with E-state index in [1.807, 2.05) is 96.7 Å². The molecule has 81 heavy (non-hydrogen) atoms. The van der Waals surface area contributed by atoms with Crippen LogP contribution in [0.3, 0.4) is 0 Å². The summed E-state index contributed by atoms with van der Waals surface area (Å²) in [5.74, 6) is 0.737. The predicted octanol–water partition coefficient (Wildman–Crippen LogP) is 18.2. The zero-order valence-electron chi connectivity index (χ0n) is 44.9. The summed E-state index contributed by atoms with van der Waals surface area (Å²) in [4.78, 5) is 38.6. The molecular formula is C73H64ClNO4S2. The highest BCUT2D eigenvalue weighted by atomic mass is 35.5. The Labute approximate surface area is 491 Å². The number of halogens is 1. The Bertz CT molecular complexity index is 3190. The van der Waals surface area contributed by atoms with E-state index in [4.69, 9.17) is 22.4 Å². The number of ketones is 3. The predicted molar refractivity (Wildman–Crippen MR) is 340 cm³/mol. The van der Waals surface area contributed by atoms with Crippen LogP contribution in [0.15, 0.2) is 336 Å². The summed E-state index contributed by atoms with van der Waals surface area (Å²) in [6.07, 6.45) is 2.26. The molecule has 0 atom stereocenters. The molecule has 0 bridgehead atoms. The number of nitrogens with two attached hydrogens (primary N) is 1. The number of aliphatic hydroxyl groups excluding tert-OH is 1. The number of Topliss-reactive ketones (excluding diaryl/α,β-unsaturated/α-hetero) is 1. The zero-order valence-corrected chi connectivity index (χ0v) is 47.3. The maximum atomic E-state index is 12.0. The minimum absolute atomic E-state index is 0.0336. The molecule has 404 valence electrons. The van der Waals surface area contributed by atoms with E-state index >= 15 is 0 Å². The molecule has 11 rings (SSSR count). The van der Waals surface area contributed by atoms with Gasteiger partial charge in [0.05, 0.1) is 5.02 Å². The van der Waals surface area contributed by atoms with Crippen LogP contribution < -0.4 is 5.73 Å². The summed E-state index contributed by atoms with van der Waals surface area (Å²) >= 11 is 9.61. The van der Waals surface area contributed by atoms with Gasteiger partial charge in [0.1, 0.15) is 6.61 Å². The molecular weight excluding hydrogens is 1050 g/mol. The summed E-state index contributed by atoms with van der Waals surface area (Å²) < 4.78 is 0. The Morgan fingerprint density at radius 2 is 0.654 bits per heavy atom. The molecule has 3 N–H and O–H groups in total. The molecule has 0 aliphatic rings. The van der Waals surface area contributed by atoms with Gasteiger partial charge < -0.3 is 10.8 Å². The van der Waals surface area contributed by atoms with Gasteiger partial charge in [0.2, 0.25) is 0 Å². The van der Waals surface area contributed by atoms with E-state index in [2.05, 4.69) is 164 Å². The van der Waals surface area contributed by atoms with E-state index in [0.29, 0.717) is 38.5 Å². The van der Waals surface area contributed by atoms with Gasteiger partial charge in [-0.2, -0.15) is 0 Å². The lowest BCUT2D eigenvalue weighted by Crippen LogP contribution is -2.04. The number of carbonyl (C=O) groups is 3. The Morgan fingerprint density at radius 1 is 0.346 bits per heavy atom. The Balaban J connectivity index is 0.000000157. The van der Waals surface area contributed by atoms with Gasteiger partial charge in [-0.25, -0.2) is 0 Å². The monoisotopic (exact) mass is 1120 g/mol. The first-order valence-corrected chi connectivity index (χ1v) is 28.5. The smallest absolute Gasteiger partial charge is 0.195 e. The lowest BCUT2D eigenvalue weighted by molar-refractivity contribution is 0.0903. The minimum Gasteiger partial charge on any atom is -0.398 e. The molecule has 0 aromatic heterocycles. The summed E-state index contributed by atoms with van der Waals surface area (Å²) in [7, 11) is 0. The van der Waals surface area contributed by atoms with E-state index in [0.717, 1.165) is 18.6 Å². The molecule has 11 aromatic rings. The van der Waals surface area contributed by atoms with Crippen molar-refractivity contribution in [3.63, 3.8) is 0 Å². The Morgan fingerprint density at radius 3 is 1.05 bits per heavy atom. The number of aryl methyl sites for hydroxylation is 2. The molecule has 0 amide bonds. The van der Waals surface area contributed by atoms with E-state index in [9.17, 15) is 14.4 Å². The number of carbonyl (C=O) groups excluding carboxylic acids is 3. The van der Waals surface area contributed by atoms with Crippen LogP contribution in [-0.4, -0.2) is 29.1 Å². The van der Waals surface area contributed by atoms with Gasteiger partial charge in [-0.1, -0.05) is 284 Å². The fourth-order valence-electron chi connectivity index (χ4n) is 7.50. The fraction of sp³-hybridized carbons (Fsp3) is 0.0548. The molecule has 8 heteroatoms. The molecule has 0 unspecified atom stereocenters. The van der Waals surface area contributed by atoms with Crippen molar-refractivity contribution < 1.29 is 19.5 Å². The van der Waals surface area contributed by atoms with Crippen molar-refractivity contribution in [3.05, 3.63) is 371 Å². The second-order valence-corrected chi connectivity index (χ2v) is 20.3. The highest BCUT2D eigenvalue weighted by molar-refractivity contribution is 7.99.